The second kappa shape index (κ2) is 7.23. The van der Waals surface area contributed by atoms with Gasteiger partial charge < -0.3 is 9.47 Å². The second-order valence-electron chi connectivity index (χ2n) is 4.83. The van der Waals surface area contributed by atoms with Crippen LogP contribution in [0.4, 0.5) is 0 Å². The minimum Gasteiger partial charge on any atom is -0.489 e. The number of Topliss-reactive ketones (excluding diaryl/α,β-unsaturated/α-hetero) is 1. The van der Waals surface area contributed by atoms with E-state index in [1.807, 2.05) is 36.4 Å². The van der Waals surface area contributed by atoms with Crippen molar-refractivity contribution >= 4 is 11.8 Å². The average Bonchev–Trinajstić information content (AvgIpc) is 2.58. The molecule has 0 heterocycles. The summed E-state index contributed by atoms with van der Waals surface area (Å²) >= 11 is 0. The van der Waals surface area contributed by atoms with Crippen molar-refractivity contribution in [3.8, 4) is 11.8 Å². The lowest BCUT2D eigenvalue weighted by atomic mass is 9.98. The van der Waals surface area contributed by atoms with Crippen LogP contribution in [0, 0.1) is 11.3 Å². The number of nitriles is 1. The standard InChI is InChI=1S/C18H15NO4/c1-12(20)17-14(10-19)8-15(9-16(17)18(21)22-2)23-11-13-6-4-3-5-7-13/h3-9H,11H2,1-2H3. The highest BCUT2D eigenvalue weighted by Crippen LogP contribution is 2.24. The zero-order valence-corrected chi connectivity index (χ0v) is 12.8. The number of benzene rings is 2. The molecule has 0 spiro atoms. The quantitative estimate of drug-likeness (QED) is 0.626. The smallest absolute Gasteiger partial charge is 0.338 e. The number of ether oxygens (including phenoxy) is 2. The van der Waals surface area contributed by atoms with Gasteiger partial charge in [-0.15, -0.1) is 0 Å². The van der Waals surface area contributed by atoms with Gasteiger partial charge in [0.1, 0.15) is 18.4 Å². The van der Waals surface area contributed by atoms with Gasteiger partial charge in [0, 0.05) is 5.56 Å². The number of ketones is 1. The molecule has 2 aromatic carbocycles. The molecule has 0 aliphatic heterocycles. The van der Waals surface area contributed by atoms with E-state index in [1.54, 1.807) is 0 Å². The number of hydrogen-bond acceptors (Lipinski definition) is 5. The lowest BCUT2D eigenvalue weighted by Gasteiger charge is -2.12. The van der Waals surface area contributed by atoms with Gasteiger partial charge in [-0.05, 0) is 24.6 Å². The van der Waals surface area contributed by atoms with E-state index in [9.17, 15) is 14.9 Å². The third kappa shape index (κ3) is 3.74. The fourth-order valence-corrected chi connectivity index (χ4v) is 2.18. The van der Waals surface area contributed by atoms with Gasteiger partial charge in [0.05, 0.1) is 18.2 Å². The van der Waals surface area contributed by atoms with E-state index in [0.29, 0.717) is 5.75 Å². The van der Waals surface area contributed by atoms with Crippen molar-refractivity contribution in [3.63, 3.8) is 0 Å². The molecule has 0 N–H and O–H groups in total. The number of esters is 1. The first-order chi connectivity index (χ1) is 11.1. The molecule has 116 valence electrons. The number of methoxy groups -OCH3 is 1. The molecule has 2 aromatic rings. The molecule has 23 heavy (non-hydrogen) atoms. The van der Waals surface area contributed by atoms with Gasteiger partial charge in [-0.2, -0.15) is 5.26 Å². The maximum absolute atomic E-state index is 11.9. The fourth-order valence-electron chi connectivity index (χ4n) is 2.18. The van der Waals surface area contributed by atoms with Crippen molar-refractivity contribution < 1.29 is 19.1 Å². The van der Waals surface area contributed by atoms with Gasteiger partial charge in [-0.25, -0.2) is 4.79 Å². The zero-order chi connectivity index (χ0) is 16.8. The lowest BCUT2D eigenvalue weighted by molar-refractivity contribution is 0.0596. The van der Waals surface area contributed by atoms with E-state index in [1.165, 1.54) is 26.2 Å². The summed E-state index contributed by atoms with van der Waals surface area (Å²) in [6.45, 7) is 1.58. The van der Waals surface area contributed by atoms with E-state index < -0.39 is 5.97 Å². The number of rotatable bonds is 5. The normalized spacial score (nSPS) is 9.78. The molecule has 0 amide bonds. The molecular weight excluding hydrogens is 294 g/mol. The minimum atomic E-state index is -0.683. The Balaban J connectivity index is 2.40. The molecule has 0 atom stereocenters. The lowest BCUT2D eigenvalue weighted by Crippen LogP contribution is -2.11. The Kier molecular flexibility index (Phi) is 5.11. The van der Waals surface area contributed by atoms with Crippen molar-refractivity contribution in [1.82, 2.24) is 0 Å². The van der Waals surface area contributed by atoms with Crippen molar-refractivity contribution in [3.05, 3.63) is 64.7 Å². The summed E-state index contributed by atoms with van der Waals surface area (Å²) in [5.41, 5.74) is 1.11. The van der Waals surface area contributed by atoms with E-state index >= 15 is 0 Å². The SMILES string of the molecule is COC(=O)c1cc(OCc2ccccc2)cc(C#N)c1C(C)=O. The van der Waals surface area contributed by atoms with E-state index in [4.69, 9.17) is 4.74 Å². The van der Waals surface area contributed by atoms with Crippen LogP contribution < -0.4 is 4.74 Å². The molecule has 0 aliphatic carbocycles. The minimum absolute atomic E-state index is 0.0297. The summed E-state index contributed by atoms with van der Waals surface area (Å²) in [5, 5.41) is 9.25. The van der Waals surface area contributed by atoms with Crippen LogP contribution in [0.3, 0.4) is 0 Å². The summed E-state index contributed by atoms with van der Waals surface area (Å²) in [5.74, 6) is -0.732. The van der Waals surface area contributed by atoms with Crippen LogP contribution in [0.1, 0.15) is 38.8 Å². The maximum atomic E-state index is 11.9. The Bertz CT molecular complexity index is 776. The van der Waals surface area contributed by atoms with Crippen LogP contribution in [0.15, 0.2) is 42.5 Å². The topological polar surface area (TPSA) is 76.4 Å². The van der Waals surface area contributed by atoms with Crippen LogP contribution in [-0.4, -0.2) is 18.9 Å². The van der Waals surface area contributed by atoms with Crippen molar-refractivity contribution in [2.24, 2.45) is 0 Å². The van der Waals surface area contributed by atoms with Crippen LogP contribution in [0.2, 0.25) is 0 Å². The summed E-state index contributed by atoms with van der Waals surface area (Å²) in [6.07, 6.45) is 0. The predicted octanol–water partition coefficient (Wildman–Crippen LogP) is 3.13. The summed E-state index contributed by atoms with van der Waals surface area (Å²) in [6, 6.07) is 14.3. The Morgan fingerprint density at radius 3 is 2.43 bits per heavy atom. The molecule has 0 bridgehead atoms. The Hall–Kier alpha value is -3.13. The number of carbonyl (C=O) groups is 2. The largest absolute Gasteiger partial charge is 0.489 e. The first-order valence-corrected chi connectivity index (χ1v) is 6.91. The average molecular weight is 309 g/mol. The first kappa shape index (κ1) is 16.2. The van der Waals surface area contributed by atoms with Crippen LogP contribution in [0.5, 0.6) is 5.75 Å². The predicted molar refractivity (Wildman–Crippen MR) is 83.3 cm³/mol. The van der Waals surface area contributed by atoms with E-state index in [2.05, 4.69) is 4.74 Å². The van der Waals surface area contributed by atoms with Crippen LogP contribution in [0.25, 0.3) is 0 Å². The second-order valence-corrected chi connectivity index (χ2v) is 4.83. The number of hydrogen-bond donors (Lipinski definition) is 0. The van der Waals surface area contributed by atoms with Crippen LogP contribution >= 0.6 is 0 Å². The first-order valence-electron chi connectivity index (χ1n) is 6.91. The van der Waals surface area contributed by atoms with Gasteiger partial charge in [0.15, 0.2) is 5.78 Å². The molecule has 0 saturated carbocycles. The maximum Gasteiger partial charge on any atom is 0.338 e. The van der Waals surface area contributed by atoms with E-state index in [-0.39, 0.29) is 29.1 Å². The highest BCUT2D eigenvalue weighted by Gasteiger charge is 2.21. The molecular formula is C18H15NO4. The highest BCUT2D eigenvalue weighted by molar-refractivity contribution is 6.07. The molecule has 5 heteroatoms. The van der Waals surface area contributed by atoms with Crippen molar-refractivity contribution in [1.29, 1.82) is 5.26 Å². The summed E-state index contributed by atoms with van der Waals surface area (Å²) in [7, 11) is 1.22. The van der Waals surface area contributed by atoms with Gasteiger partial charge >= 0.3 is 5.97 Å². The van der Waals surface area contributed by atoms with Gasteiger partial charge in [-0.1, -0.05) is 30.3 Å². The number of carbonyl (C=O) groups excluding carboxylic acids is 2. The zero-order valence-electron chi connectivity index (χ0n) is 12.8. The van der Waals surface area contributed by atoms with Gasteiger partial charge in [-0.3, -0.25) is 4.79 Å². The molecule has 0 aliphatic rings. The Labute approximate surface area is 134 Å². The Morgan fingerprint density at radius 1 is 1.17 bits per heavy atom. The highest BCUT2D eigenvalue weighted by atomic mass is 16.5. The monoisotopic (exact) mass is 309 g/mol. The molecule has 5 nitrogen and oxygen atoms in total. The molecule has 0 radical (unpaired) electrons. The molecule has 0 fully saturated rings. The van der Waals surface area contributed by atoms with Gasteiger partial charge in [0.25, 0.3) is 0 Å². The summed E-state index contributed by atoms with van der Waals surface area (Å²) < 4.78 is 10.3. The molecule has 0 saturated heterocycles. The molecule has 0 aromatic heterocycles. The fraction of sp³-hybridized carbons (Fsp3) is 0.167. The number of nitrogens with zero attached hydrogens (tertiary/aromatic N) is 1. The third-order valence-corrected chi connectivity index (χ3v) is 3.24. The van der Waals surface area contributed by atoms with E-state index in [0.717, 1.165) is 5.56 Å². The Morgan fingerprint density at radius 2 is 1.87 bits per heavy atom. The van der Waals surface area contributed by atoms with Crippen molar-refractivity contribution in [2.75, 3.05) is 7.11 Å². The molecule has 0 unspecified atom stereocenters. The molecule has 2 rings (SSSR count). The van der Waals surface area contributed by atoms with Gasteiger partial charge in [0.2, 0.25) is 0 Å². The third-order valence-electron chi connectivity index (χ3n) is 3.24. The van der Waals surface area contributed by atoms with Crippen LogP contribution in [-0.2, 0) is 11.3 Å². The summed E-state index contributed by atoms with van der Waals surface area (Å²) in [4.78, 5) is 23.7. The van der Waals surface area contributed by atoms with Crippen molar-refractivity contribution in [2.45, 2.75) is 13.5 Å².